The molecule has 0 atom stereocenters. The molecule has 0 fully saturated rings. The van der Waals surface area contributed by atoms with E-state index in [9.17, 15) is 0 Å². The van der Waals surface area contributed by atoms with E-state index in [1.54, 1.807) is 0 Å². The Labute approximate surface area is 364 Å². The lowest BCUT2D eigenvalue weighted by atomic mass is 9.89. The number of fused-ring (bicyclic) bond motifs is 6. The Morgan fingerprint density at radius 1 is 0.286 bits per heavy atom. The maximum Gasteiger partial charge on any atom is 0.160 e. The standard InChI is InChI=1S/C59H37N3O/c1-4-14-38(15-5-1)40-24-28-42(29-25-40)51-37-52(43-30-26-41(27-31-43)39-16-6-2-7-17-39)62-59(61-51)46-34-32-45(33-35-46)58-49-36-54-57(48-21-11-13-23-53(48)63-54)55(44-18-8-3-9-19-44)56(49)47-20-10-12-22-50(47)60-58/h1-37H. The summed E-state index contributed by atoms with van der Waals surface area (Å²) in [5.41, 5.74) is 16.2. The van der Waals surface area contributed by atoms with Crippen molar-refractivity contribution in [1.29, 1.82) is 0 Å². The smallest absolute Gasteiger partial charge is 0.160 e. The zero-order valence-corrected chi connectivity index (χ0v) is 34.1. The molecule has 0 saturated carbocycles. The third kappa shape index (κ3) is 6.53. The first kappa shape index (κ1) is 36.4. The Kier molecular flexibility index (Phi) is 8.79. The van der Waals surface area contributed by atoms with E-state index in [1.807, 2.05) is 24.3 Å². The van der Waals surface area contributed by atoms with Crippen LogP contribution in [0.4, 0.5) is 0 Å². The first-order chi connectivity index (χ1) is 31.2. The Bertz CT molecular complexity index is 3520. The summed E-state index contributed by atoms with van der Waals surface area (Å²) in [4.78, 5) is 15.8. The summed E-state index contributed by atoms with van der Waals surface area (Å²) in [6.07, 6.45) is 0. The van der Waals surface area contributed by atoms with Crippen LogP contribution < -0.4 is 0 Å². The number of rotatable bonds is 7. The van der Waals surface area contributed by atoms with Crippen LogP contribution in [-0.4, -0.2) is 15.0 Å². The number of furan rings is 1. The van der Waals surface area contributed by atoms with Crippen LogP contribution in [0.15, 0.2) is 229 Å². The van der Waals surface area contributed by atoms with Crippen LogP contribution in [-0.2, 0) is 0 Å². The summed E-state index contributed by atoms with van der Waals surface area (Å²) >= 11 is 0. The SMILES string of the molecule is c1ccc(-c2ccc(-c3cc(-c4ccc(-c5ccccc5)cc4)nc(-c4ccc(-c5nc6ccccc6c6c(-c7ccccc7)c7c(cc56)oc5ccccc57)cc4)n3)cc2)cc1. The van der Waals surface area contributed by atoms with Crippen LogP contribution in [0.3, 0.4) is 0 Å². The summed E-state index contributed by atoms with van der Waals surface area (Å²) in [5.74, 6) is 0.653. The minimum atomic E-state index is 0.653. The van der Waals surface area contributed by atoms with E-state index in [0.29, 0.717) is 5.82 Å². The highest BCUT2D eigenvalue weighted by Gasteiger charge is 2.22. The van der Waals surface area contributed by atoms with E-state index in [4.69, 9.17) is 19.4 Å². The highest BCUT2D eigenvalue weighted by Crippen LogP contribution is 2.46. The van der Waals surface area contributed by atoms with Crippen molar-refractivity contribution in [3.05, 3.63) is 224 Å². The lowest BCUT2D eigenvalue weighted by Gasteiger charge is -2.16. The zero-order valence-electron chi connectivity index (χ0n) is 34.1. The summed E-state index contributed by atoms with van der Waals surface area (Å²) in [6, 6.07) is 78.4. The first-order valence-electron chi connectivity index (χ1n) is 21.3. The Morgan fingerprint density at radius 3 is 1.35 bits per heavy atom. The minimum absolute atomic E-state index is 0.653. The predicted molar refractivity (Wildman–Crippen MR) is 260 cm³/mol. The first-order valence-corrected chi connectivity index (χ1v) is 21.3. The summed E-state index contributed by atoms with van der Waals surface area (Å²) in [6.45, 7) is 0. The van der Waals surface area contributed by atoms with E-state index in [2.05, 4.69) is 200 Å². The van der Waals surface area contributed by atoms with Crippen molar-refractivity contribution in [2.75, 3.05) is 0 Å². The van der Waals surface area contributed by atoms with Gasteiger partial charge in [0.15, 0.2) is 5.82 Å². The molecule has 0 amide bonds. The summed E-state index contributed by atoms with van der Waals surface area (Å²) in [7, 11) is 0. The summed E-state index contributed by atoms with van der Waals surface area (Å²) in [5, 5.41) is 5.50. The van der Waals surface area contributed by atoms with Crippen molar-refractivity contribution in [2.24, 2.45) is 0 Å². The fourth-order valence-electron chi connectivity index (χ4n) is 9.01. The van der Waals surface area contributed by atoms with Crippen molar-refractivity contribution in [3.63, 3.8) is 0 Å². The van der Waals surface area contributed by atoms with E-state index in [1.165, 1.54) is 11.1 Å². The molecule has 0 aliphatic carbocycles. The van der Waals surface area contributed by atoms with Crippen molar-refractivity contribution < 1.29 is 4.42 Å². The van der Waals surface area contributed by atoms with E-state index in [0.717, 1.165) is 105 Å². The van der Waals surface area contributed by atoms with Gasteiger partial charge in [0.25, 0.3) is 0 Å². The highest BCUT2D eigenvalue weighted by molar-refractivity contribution is 6.27. The lowest BCUT2D eigenvalue weighted by molar-refractivity contribution is 0.669. The lowest BCUT2D eigenvalue weighted by Crippen LogP contribution is -1.96. The number of pyridine rings is 1. The second kappa shape index (κ2) is 15.2. The molecule has 0 saturated heterocycles. The number of aromatic nitrogens is 3. The van der Waals surface area contributed by atoms with Gasteiger partial charge >= 0.3 is 0 Å². The third-order valence-corrected chi connectivity index (χ3v) is 12.1. The van der Waals surface area contributed by atoms with Gasteiger partial charge in [-0.3, -0.25) is 0 Å². The van der Waals surface area contributed by atoms with Crippen LogP contribution in [0.2, 0.25) is 0 Å². The van der Waals surface area contributed by atoms with Gasteiger partial charge in [-0.2, -0.15) is 0 Å². The number of hydrogen-bond donors (Lipinski definition) is 0. The van der Waals surface area contributed by atoms with Gasteiger partial charge in [-0.05, 0) is 52.1 Å². The quantitative estimate of drug-likeness (QED) is 0.151. The molecule has 0 bridgehead atoms. The van der Waals surface area contributed by atoms with Gasteiger partial charge in [-0.15, -0.1) is 0 Å². The molecule has 0 unspecified atom stereocenters. The molecule has 0 aliphatic rings. The van der Waals surface area contributed by atoms with Gasteiger partial charge in [0.05, 0.1) is 22.6 Å². The number of para-hydroxylation sites is 2. The van der Waals surface area contributed by atoms with Gasteiger partial charge in [0.2, 0.25) is 0 Å². The molecule has 294 valence electrons. The van der Waals surface area contributed by atoms with Gasteiger partial charge in [-0.25, -0.2) is 15.0 Å². The monoisotopic (exact) mass is 803 g/mol. The maximum atomic E-state index is 6.61. The second-order valence-electron chi connectivity index (χ2n) is 15.9. The summed E-state index contributed by atoms with van der Waals surface area (Å²) < 4.78 is 6.61. The minimum Gasteiger partial charge on any atom is -0.456 e. The molecular formula is C59H37N3O. The molecule has 63 heavy (non-hydrogen) atoms. The average molecular weight is 804 g/mol. The number of benzene rings is 9. The van der Waals surface area contributed by atoms with E-state index < -0.39 is 0 Å². The van der Waals surface area contributed by atoms with Crippen LogP contribution >= 0.6 is 0 Å². The van der Waals surface area contributed by atoms with Crippen LogP contribution in [0.5, 0.6) is 0 Å². The van der Waals surface area contributed by atoms with Gasteiger partial charge in [0, 0.05) is 54.7 Å². The van der Waals surface area contributed by atoms with Crippen molar-refractivity contribution in [2.45, 2.75) is 0 Å². The topological polar surface area (TPSA) is 51.8 Å². The van der Waals surface area contributed by atoms with Crippen LogP contribution in [0.1, 0.15) is 0 Å². The molecule has 12 rings (SSSR count). The molecule has 0 radical (unpaired) electrons. The molecule has 9 aromatic carbocycles. The molecule has 4 nitrogen and oxygen atoms in total. The molecular weight excluding hydrogens is 767 g/mol. The van der Waals surface area contributed by atoms with Crippen LogP contribution in [0, 0.1) is 0 Å². The fourth-order valence-corrected chi connectivity index (χ4v) is 9.01. The molecule has 4 heteroatoms. The molecule has 3 heterocycles. The van der Waals surface area contributed by atoms with E-state index in [-0.39, 0.29) is 0 Å². The molecule has 12 aromatic rings. The second-order valence-corrected chi connectivity index (χ2v) is 15.9. The van der Waals surface area contributed by atoms with Gasteiger partial charge in [0.1, 0.15) is 11.2 Å². The fraction of sp³-hybridized carbons (Fsp3) is 0. The molecule has 0 N–H and O–H groups in total. The van der Waals surface area contributed by atoms with Crippen molar-refractivity contribution in [1.82, 2.24) is 15.0 Å². The van der Waals surface area contributed by atoms with Crippen LogP contribution in [0.25, 0.3) is 122 Å². The molecule has 0 spiro atoms. The average Bonchev–Trinajstić information content (AvgIpc) is 3.74. The molecule has 0 aliphatic heterocycles. The van der Waals surface area contributed by atoms with Crippen molar-refractivity contribution in [3.8, 4) is 78.5 Å². The molecule has 3 aromatic heterocycles. The third-order valence-electron chi connectivity index (χ3n) is 12.1. The Morgan fingerprint density at radius 2 is 0.746 bits per heavy atom. The van der Waals surface area contributed by atoms with E-state index >= 15 is 0 Å². The van der Waals surface area contributed by atoms with Gasteiger partial charge in [-0.1, -0.05) is 200 Å². The normalized spacial score (nSPS) is 11.5. The largest absolute Gasteiger partial charge is 0.456 e. The Balaban J connectivity index is 1.01. The van der Waals surface area contributed by atoms with Crippen molar-refractivity contribution >= 4 is 43.6 Å². The predicted octanol–water partition coefficient (Wildman–Crippen LogP) is 15.7. The highest BCUT2D eigenvalue weighted by atomic mass is 16.3. The number of hydrogen-bond acceptors (Lipinski definition) is 4. The number of nitrogens with zero attached hydrogens (tertiary/aromatic N) is 3. The zero-order chi connectivity index (χ0) is 41.7. The Hall–Kier alpha value is -8.47. The maximum absolute atomic E-state index is 6.61. The van der Waals surface area contributed by atoms with Gasteiger partial charge < -0.3 is 4.42 Å².